The van der Waals surface area contributed by atoms with Gasteiger partial charge in [0, 0.05) is 12.1 Å². The predicted octanol–water partition coefficient (Wildman–Crippen LogP) is 1.53. The molecular weight excluding hydrogens is 208 g/mol. The maximum atomic E-state index is 10.9. The van der Waals surface area contributed by atoms with Gasteiger partial charge < -0.3 is 14.2 Å². The van der Waals surface area contributed by atoms with E-state index in [0.29, 0.717) is 29.1 Å². The van der Waals surface area contributed by atoms with Gasteiger partial charge in [0.2, 0.25) is 0 Å². The van der Waals surface area contributed by atoms with E-state index in [1.165, 1.54) is 14.2 Å². The topological polar surface area (TPSA) is 44.8 Å². The standard InChI is InChI=1S/C12H12O4/c1-4-5-16-9-6-11(14-2)10(8-13)12(7-9)15-3/h1,6-8H,5H2,2-3H3. The van der Waals surface area contributed by atoms with E-state index in [-0.39, 0.29) is 6.61 Å². The van der Waals surface area contributed by atoms with E-state index in [1.807, 2.05) is 0 Å². The number of aldehydes is 1. The monoisotopic (exact) mass is 220 g/mol. The summed E-state index contributed by atoms with van der Waals surface area (Å²) < 4.78 is 15.3. The first kappa shape index (κ1) is 11.9. The van der Waals surface area contributed by atoms with Crippen LogP contribution in [0.2, 0.25) is 0 Å². The van der Waals surface area contributed by atoms with E-state index in [2.05, 4.69) is 5.92 Å². The highest BCUT2D eigenvalue weighted by atomic mass is 16.5. The number of ether oxygens (including phenoxy) is 3. The summed E-state index contributed by atoms with van der Waals surface area (Å²) in [5.41, 5.74) is 0.345. The van der Waals surface area contributed by atoms with Crippen molar-refractivity contribution in [2.24, 2.45) is 0 Å². The fourth-order valence-corrected chi connectivity index (χ4v) is 1.24. The van der Waals surface area contributed by atoms with E-state index < -0.39 is 0 Å². The van der Waals surface area contributed by atoms with Crippen LogP contribution in [-0.4, -0.2) is 27.1 Å². The van der Waals surface area contributed by atoms with Crippen LogP contribution in [0.15, 0.2) is 12.1 Å². The highest BCUT2D eigenvalue weighted by Crippen LogP contribution is 2.32. The molecule has 0 unspecified atom stereocenters. The van der Waals surface area contributed by atoms with Crippen LogP contribution in [0.25, 0.3) is 0 Å². The second-order valence-electron chi connectivity index (χ2n) is 2.85. The summed E-state index contributed by atoms with van der Waals surface area (Å²) in [4.78, 5) is 10.9. The molecule has 84 valence electrons. The van der Waals surface area contributed by atoms with Gasteiger partial charge in [-0.3, -0.25) is 4.79 Å². The fourth-order valence-electron chi connectivity index (χ4n) is 1.24. The van der Waals surface area contributed by atoms with Crippen LogP contribution in [-0.2, 0) is 0 Å². The Hall–Kier alpha value is -2.15. The van der Waals surface area contributed by atoms with Crippen molar-refractivity contribution >= 4 is 6.29 Å². The number of carbonyl (C=O) groups is 1. The highest BCUT2D eigenvalue weighted by molar-refractivity contribution is 5.84. The highest BCUT2D eigenvalue weighted by Gasteiger charge is 2.12. The summed E-state index contributed by atoms with van der Waals surface area (Å²) in [6, 6.07) is 3.17. The second-order valence-corrected chi connectivity index (χ2v) is 2.85. The lowest BCUT2D eigenvalue weighted by Gasteiger charge is -2.11. The molecule has 1 aromatic rings. The van der Waals surface area contributed by atoms with Gasteiger partial charge >= 0.3 is 0 Å². The Morgan fingerprint density at radius 3 is 2.25 bits per heavy atom. The first-order valence-electron chi connectivity index (χ1n) is 4.54. The molecule has 0 fully saturated rings. The number of methoxy groups -OCH3 is 2. The third-order valence-electron chi connectivity index (χ3n) is 1.96. The Labute approximate surface area is 94.1 Å². The Morgan fingerprint density at radius 1 is 1.31 bits per heavy atom. The van der Waals surface area contributed by atoms with Gasteiger partial charge in [0.25, 0.3) is 0 Å². The fraction of sp³-hybridized carbons (Fsp3) is 0.250. The summed E-state index contributed by atoms with van der Waals surface area (Å²) in [6.45, 7) is 0.146. The zero-order chi connectivity index (χ0) is 12.0. The SMILES string of the molecule is C#CCOc1cc(OC)c(C=O)c(OC)c1. The first-order chi connectivity index (χ1) is 7.76. The maximum Gasteiger partial charge on any atom is 0.157 e. The third kappa shape index (κ3) is 2.45. The molecule has 0 atom stereocenters. The molecule has 0 spiro atoms. The van der Waals surface area contributed by atoms with Crippen molar-refractivity contribution in [1.82, 2.24) is 0 Å². The summed E-state index contributed by atoms with van der Waals surface area (Å²) in [5, 5.41) is 0. The van der Waals surface area contributed by atoms with Crippen LogP contribution in [0, 0.1) is 12.3 Å². The number of benzene rings is 1. The van der Waals surface area contributed by atoms with Crippen molar-refractivity contribution in [1.29, 1.82) is 0 Å². The van der Waals surface area contributed by atoms with Gasteiger partial charge in [-0.2, -0.15) is 0 Å². The molecule has 1 rings (SSSR count). The van der Waals surface area contributed by atoms with Gasteiger partial charge in [-0.05, 0) is 0 Å². The van der Waals surface area contributed by atoms with Crippen molar-refractivity contribution < 1.29 is 19.0 Å². The Kier molecular flexibility index (Phi) is 4.22. The number of terminal acetylenes is 1. The Morgan fingerprint density at radius 2 is 1.88 bits per heavy atom. The van der Waals surface area contributed by atoms with Crippen molar-refractivity contribution in [2.75, 3.05) is 20.8 Å². The van der Waals surface area contributed by atoms with Crippen molar-refractivity contribution in [3.63, 3.8) is 0 Å². The molecule has 0 radical (unpaired) electrons. The van der Waals surface area contributed by atoms with E-state index >= 15 is 0 Å². The summed E-state index contributed by atoms with van der Waals surface area (Å²) in [6.07, 6.45) is 5.75. The molecule has 0 heterocycles. The minimum absolute atomic E-state index is 0.146. The van der Waals surface area contributed by atoms with E-state index in [0.717, 1.165) is 0 Å². The lowest BCUT2D eigenvalue weighted by Crippen LogP contribution is -1.99. The lowest BCUT2D eigenvalue weighted by molar-refractivity contribution is 0.111. The number of carbonyl (C=O) groups excluding carboxylic acids is 1. The molecule has 0 aliphatic rings. The van der Waals surface area contributed by atoms with Gasteiger partial charge in [0.15, 0.2) is 6.29 Å². The average molecular weight is 220 g/mol. The molecule has 0 N–H and O–H groups in total. The molecule has 0 aliphatic heterocycles. The largest absolute Gasteiger partial charge is 0.496 e. The molecule has 0 bridgehead atoms. The predicted molar refractivity (Wildman–Crippen MR) is 59.3 cm³/mol. The van der Waals surface area contributed by atoms with Gasteiger partial charge in [0.05, 0.1) is 19.8 Å². The quantitative estimate of drug-likeness (QED) is 0.557. The van der Waals surface area contributed by atoms with Crippen LogP contribution >= 0.6 is 0 Å². The minimum Gasteiger partial charge on any atom is -0.496 e. The Bertz CT molecular complexity index is 393. The molecule has 0 aromatic heterocycles. The van der Waals surface area contributed by atoms with Crippen LogP contribution in [0.1, 0.15) is 10.4 Å². The molecule has 4 heteroatoms. The second kappa shape index (κ2) is 5.66. The van der Waals surface area contributed by atoms with Crippen LogP contribution in [0.5, 0.6) is 17.2 Å². The molecule has 4 nitrogen and oxygen atoms in total. The number of rotatable bonds is 5. The minimum atomic E-state index is 0.146. The van der Waals surface area contributed by atoms with Gasteiger partial charge in [-0.15, -0.1) is 6.42 Å². The van der Waals surface area contributed by atoms with Gasteiger partial charge in [-0.1, -0.05) is 5.92 Å². The lowest BCUT2D eigenvalue weighted by atomic mass is 10.2. The molecule has 16 heavy (non-hydrogen) atoms. The van der Waals surface area contributed by atoms with E-state index in [1.54, 1.807) is 12.1 Å². The Balaban J connectivity index is 3.16. The van der Waals surface area contributed by atoms with Crippen LogP contribution < -0.4 is 14.2 Å². The summed E-state index contributed by atoms with van der Waals surface area (Å²) in [7, 11) is 2.93. The van der Waals surface area contributed by atoms with Gasteiger partial charge in [-0.25, -0.2) is 0 Å². The van der Waals surface area contributed by atoms with Crippen LogP contribution in [0.3, 0.4) is 0 Å². The molecular formula is C12H12O4. The number of hydrogen-bond acceptors (Lipinski definition) is 4. The first-order valence-corrected chi connectivity index (χ1v) is 4.54. The average Bonchev–Trinajstić information content (AvgIpc) is 2.34. The van der Waals surface area contributed by atoms with Crippen molar-refractivity contribution in [3.05, 3.63) is 17.7 Å². The molecule has 0 saturated heterocycles. The van der Waals surface area contributed by atoms with Crippen molar-refractivity contribution in [3.8, 4) is 29.6 Å². The maximum absolute atomic E-state index is 10.9. The zero-order valence-corrected chi connectivity index (χ0v) is 9.15. The van der Waals surface area contributed by atoms with E-state index in [4.69, 9.17) is 20.6 Å². The van der Waals surface area contributed by atoms with E-state index in [9.17, 15) is 4.79 Å². The molecule has 0 aliphatic carbocycles. The van der Waals surface area contributed by atoms with Crippen molar-refractivity contribution in [2.45, 2.75) is 0 Å². The molecule has 0 amide bonds. The van der Waals surface area contributed by atoms with Gasteiger partial charge in [0.1, 0.15) is 23.9 Å². The van der Waals surface area contributed by atoms with Crippen LogP contribution in [0.4, 0.5) is 0 Å². The number of hydrogen-bond donors (Lipinski definition) is 0. The smallest absolute Gasteiger partial charge is 0.157 e. The normalized spacial score (nSPS) is 9.06. The molecule has 0 saturated carbocycles. The zero-order valence-electron chi connectivity index (χ0n) is 9.15. The summed E-state index contributed by atoms with van der Waals surface area (Å²) in [5.74, 6) is 3.62. The third-order valence-corrected chi connectivity index (χ3v) is 1.96. The molecule has 1 aromatic carbocycles. The summed E-state index contributed by atoms with van der Waals surface area (Å²) >= 11 is 0.